The van der Waals surface area contributed by atoms with E-state index in [2.05, 4.69) is 71.4 Å². The summed E-state index contributed by atoms with van der Waals surface area (Å²) < 4.78 is 3.10. The number of nitrogen functional groups attached to an aromatic ring is 1. The fourth-order valence-electron chi connectivity index (χ4n) is 2.41. The largest absolute Gasteiger partial charge is 0.383 e. The van der Waals surface area contributed by atoms with Crippen LogP contribution >= 0.6 is 15.9 Å². The molecular weight excluding hydrogens is 302 g/mol. The van der Waals surface area contributed by atoms with Gasteiger partial charge in [-0.25, -0.2) is 4.98 Å². The van der Waals surface area contributed by atoms with E-state index in [4.69, 9.17) is 5.73 Å². The standard InChI is InChI=1S/C15H20BrN3/c1-9-6-7-11(12(16)8-9)13-14(17)19(10(2)18-13)15(3,4)5/h6-8H,17H2,1-5H3. The van der Waals surface area contributed by atoms with Gasteiger partial charge in [0.25, 0.3) is 0 Å². The third-order valence-electron chi connectivity index (χ3n) is 3.13. The van der Waals surface area contributed by atoms with Gasteiger partial charge in [0.2, 0.25) is 0 Å². The molecule has 0 aliphatic heterocycles. The van der Waals surface area contributed by atoms with Crippen molar-refractivity contribution in [2.75, 3.05) is 5.73 Å². The summed E-state index contributed by atoms with van der Waals surface area (Å²) >= 11 is 3.60. The first-order valence-corrected chi connectivity index (χ1v) is 7.13. The van der Waals surface area contributed by atoms with Crippen LogP contribution in [0.3, 0.4) is 0 Å². The van der Waals surface area contributed by atoms with E-state index in [0.717, 1.165) is 27.4 Å². The lowest BCUT2D eigenvalue weighted by atomic mass is 10.1. The zero-order chi connectivity index (χ0) is 14.4. The van der Waals surface area contributed by atoms with Crippen molar-refractivity contribution in [1.29, 1.82) is 0 Å². The number of nitrogens with zero attached hydrogens (tertiary/aromatic N) is 2. The Kier molecular flexibility index (Phi) is 3.47. The number of benzene rings is 1. The Morgan fingerprint density at radius 1 is 1.21 bits per heavy atom. The number of hydrogen-bond donors (Lipinski definition) is 1. The molecule has 0 aliphatic rings. The van der Waals surface area contributed by atoms with Gasteiger partial charge in [0.15, 0.2) is 0 Å². The summed E-state index contributed by atoms with van der Waals surface area (Å²) in [5, 5.41) is 0. The quantitative estimate of drug-likeness (QED) is 0.852. The summed E-state index contributed by atoms with van der Waals surface area (Å²) in [6.07, 6.45) is 0. The average molecular weight is 322 g/mol. The molecule has 2 N–H and O–H groups in total. The van der Waals surface area contributed by atoms with Crippen molar-refractivity contribution in [3.8, 4) is 11.3 Å². The van der Waals surface area contributed by atoms with Crippen LogP contribution in [0.15, 0.2) is 22.7 Å². The van der Waals surface area contributed by atoms with Crippen LogP contribution in [0.5, 0.6) is 0 Å². The first-order chi connectivity index (χ1) is 8.71. The molecule has 0 radical (unpaired) electrons. The molecule has 0 saturated carbocycles. The fraction of sp³-hybridized carbons (Fsp3) is 0.400. The minimum Gasteiger partial charge on any atom is -0.383 e. The first-order valence-electron chi connectivity index (χ1n) is 6.33. The van der Waals surface area contributed by atoms with E-state index in [9.17, 15) is 0 Å². The van der Waals surface area contributed by atoms with Gasteiger partial charge in [-0.05, 0) is 46.2 Å². The highest BCUT2D eigenvalue weighted by Gasteiger charge is 2.23. The second-order valence-electron chi connectivity index (χ2n) is 5.88. The summed E-state index contributed by atoms with van der Waals surface area (Å²) in [6, 6.07) is 6.22. The lowest BCUT2D eigenvalue weighted by Crippen LogP contribution is -2.24. The van der Waals surface area contributed by atoms with Crippen molar-refractivity contribution in [1.82, 2.24) is 9.55 Å². The second-order valence-corrected chi connectivity index (χ2v) is 6.74. The number of aromatic nitrogens is 2. The lowest BCUT2D eigenvalue weighted by molar-refractivity contribution is 0.393. The van der Waals surface area contributed by atoms with Crippen molar-refractivity contribution >= 4 is 21.7 Å². The molecule has 0 spiro atoms. The molecule has 1 heterocycles. The Hall–Kier alpha value is -1.29. The number of hydrogen-bond acceptors (Lipinski definition) is 2. The molecule has 1 aromatic heterocycles. The van der Waals surface area contributed by atoms with Crippen LogP contribution in [-0.4, -0.2) is 9.55 Å². The van der Waals surface area contributed by atoms with E-state index in [1.165, 1.54) is 5.56 Å². The molecule has 0 aliphatic carbocycles. The molecule has 0 atom stereocenters. The Labute approximate surface area is 123 Å². The van der Waals surface area contributed by atoms with Gasteiger partial charge in [-0.2, -0.15) is 0 Å². The summed E-state index contributed by atoms with van der Waals surface area (Å²) in [4.78, 5) is 4.65. The smallest absolute Gasteiger partial charge is 0.132 e. The summed E-state index contributed by atoms with van der Waals surface area (Å²) in [6.45, 7) is 10.5. The van der Waals surface area contributed by atoms with Crippen molar-refractivity contribution in [3.05, 3.63) is 34.1 Å². The lowest BCUT2D eigenvalue weighted by Gasteiger charge is -2.24. The van der Waals surface area contributed by atoms with Gasteiger partial charge in [0, 0.05) is 15.6 Å². The van der Waals surface area contributed by atoms with Crippen LogP contribution in [-0.2, 0) is 5.54 Å². The zero-order valence-corrected chi connectivity index (χ0v) is 13.7. The van der Waals surface area contributed by atoms with Crippen LogP contribution < -0.4 is 5.73 Å². The number of aryl methyl sites for hydroxylation is 2. The molecule has 0 fully saturated rings. The van der Waals surface area contributed by atoms with Crippen molar-refractivity contribution in [3.63, 3.8) is 0 Å². The van der Waals surface area contributed by atoms with Crippen LogP contribution in [0.1, 0.15) is 32.2 Å². The van der Waals surface area contributed by atoms with Crippen molar-refractivity contribution < 1.29 is 0 Å². The van der Waals surface area contributed by atoms with Crippen molar-refractivity contribution in [2.45, 2.75) is 40.2 Å². The molecule has 1 aromatic carbocycles. The van der Waals surface area contributed by atoms with E-state index >= 15 is 0 Å². The Balaban J connectivity index is 2.65. The molecule has 0 bridgehead atoms. The Morgan fingerprint density at radius 3 is 2.32 bits per heavy atom. The average Bonchev–Trinajstić information content (AvgIpc) is 2.53. The number of rotatable bonds is 1. The minimum atomic E-state index is -0.0728. The maximum absolute atomic E-state index is 6.31. The van der Waals surface area contributed by atoms with Gasteiger partial charge < -0.3 is 10.3 Å². The van der Waals surface area contributed by atoms with Gasteiger partial charge in [-0.1, -0.05) is 28.1 Å². The highest BCUT2D eigenvalue weighted by molar-refractivity contribution is 9.10. The summed E-state index contributed by atoms with van der Waals surface area (Å²) in [5.41, 5.74) is 9.33. The monoisotopic (exact) mass is 321 g/mol. The molecule has 4 heteroatoms. The molecule has 0 amide bonds. The van der Waals surface area contributed by atoms with Crippen LogP contribution in [0.25, 0.3) is 11.3 Å². The maximum atomic E-state index is 6.31. The molecule has 0 unspecified atom stereocenters. The summed E-state index contributed by atoms with van der Waals surface area (Å²) in [7, 11) is 0. The van der Waals surface area contributed by atoms with Crippen LogP contribution in [0, 0.1) is 13.8 Å². The molecule has 0 saturated heterocycles. The Bertz CT molecular complexity index is 621. The number of anilines is 1. The predicted octanol–water partition coefficient (Wildman–Crippen LogP) is 4.27. The fourth-order valence-corrected chi connectivity index (χ4v) is 3.09. The highest BCUT2D eigenvalue weighted by atomic mass is 79.9. The van der Waals surface area contributed by atoms with Gasteiger partial charge in [-0.15, -0.1) is 0 Å². The van der Waals surface area contributed by atoms with Crippen LogP contribution in [0.4, 0.5) is 5.82 Å². The maximum Gasteiger partial charge on any atom is 0.132 e. The van der Waals surface area contributed by atoms with Crippen molar-refractivity contribution in [2.24, 2.45) is 0 Å². The van der Waals surface area contributed by atoms with E-state index in [0.29, 0.717) is 0 Å². The van der Waals surface area contributed by atoms with E-state index < -0.39 is 0 Å². The Morgan fingerprint density at radius 2 is 1.84 bits per heavy atom. The third kappa shape index (κ3) is 2.54. The molecule has 2 aromatic rings. The summed E-state index contributed by atoms with van der Waals surface area (Å²) in [5.74, 6) is 1.65. The van der Waals surface area contributed by atoms with Gasteiger partial charge in [0.1, 0.15) is 17.3 Å². The molecule has 19 heavy (non-hydrogen) atoms. The first kappa shape index (κ1) is 14.1. The predicted molar refractivity (Wildman–Crippen MR) is 84.2 cm³/mol. The van der Waals surface area contributed by atoms with Gasteiger partial charge >= 0.3 is 0 Å². The number of halogens is 1. The minimum absolute atomic E-state index is 0.0728. The number of nitrogens with two attached hydrogens (primary N) is 1. The number of imidazole rings is 1. The SMILES string of the molecule is Cc1ccc(-c2nc(C)n(C(C)(C)C)c2N)c(Br)c1. The van der Waals surface area contributed by atoms with E-state index in [1.54, 1.807) is 0 Å². The highest BCUT2D eigenvalue weighted by Crippen LogP contribution is 2.35. The topological polar surface area (TPSA) is 43.8 Å². The van der Waals surface area contributed by atoms with E-state index in [1.807, 2.05) is 6.92 Å². The zero-order valence-electron chi connectivity index (χ0n) is 12.1. The molecule has 2 rings (SSSR count). The normalized spacial score (nSPS) is 11.9. The second kappa shape index (κ2) is 4.67. The molecular formula is C15H20BrN3. The molecule has 3 nitrogen and oxygen atoms in total. The van der Waals surface area contributed by atoms with E-state index in [-0.39, 0.29) is 5.54 Å². The molecule has 102 valence electrons. The third-order valence-corrected chi connectivity index (χ3v) is 3.79. The van der Waals surface area contributed by atoms with Gasteiger partial charge in [-0.3, -0.25) is 0 Å². The van der Waals surface area contributed by atoms with Gasteiger partial charge in [0.05, 0.1) is 0 Å². The van der Waals surface area contributed by atoms with Crippen LogP contribution in [0.2, 0.25) is 0 Å².